The van der Waals surface area contributed by atoms with E-state index in [0.717, 1.165) is 25.7 Å². The topological polar surface area (TPSA) is 57.5 Å². The van der Waals surface area contributed by atoms with Gasteiger partial charge in [0.25, 0.3) is 0 Å². The van der Waals surface area contributed by atoms with Gasteiger partial charge in [0.2, 0.25) is 0 Å². The van der Waals surface area contributed by atoms with Crippen molar-refractivity contribution in [3.05, 3.63) is 48.3 Å². The van der Waals surface area contributed by atoms with Gasteiger partial charge in [0.15, 0.2) is 0 Å². The Kier molecular flexibility index (Phi) is 15.3. The molecule has 0 aliphatic carbocycles. The van der Waals surface area contributed by atoms with Crippen LogP contribution in [0.15, 0.2) is 48.3 Å². The zero-order chi connectivity index (χ0) is 17.2. The van der Waals surface area contributed by atoms with Gasteiger partial charge in [-0.3, -0.25) is 4.79 Å². The molecule has 0 rings (SSSR count). The summed E-state index contributed by atoms with van der Waals surface area (Å²) in [4.78, 5) is 10.3. The zero-order valence-electron chi connectivity index (χ0n) is 14.4. The van der Waals surface area contributed by atoms with Crippen LogP contribution < -0.4 is 0 Å². The van der Waals surface area contributed by atoms with Crippen LogP contribution in [0.25, 0.3) is 0 Å². The van der Waals surface area contributed by atoms with Crippen molar-refractivity contribution in [2.24, 2.45) is 0 Å². The maximum absolute atomic E-state index is 10.3. The highest BCUT2D eigenvalue weighted by molar-refractivity contribution is 5.66. The number of rotatable bonds is 14. The van der Waals surface area contributed by atoms with E-state index in [-0.39, 0.29) is 6.42 Å². The molecule has 23 heavy (non-hydrogen) atoms. The van der Waals surface area contributed by atoms with Crippen LogP contribution in [0.2, 0.25) is 0 Å². The summed E-state index contributed by atoms with van der Waals surface area (Å²) in [6.45, 7) is 2.20. The van der Waals surface area contributed by atoms with E-state index in [1.54, 1.807) is 0 Å². The molecule has 0 fully saturated rings. The van der Waals surface area contributed by atoms with Crippen molar-refractivity contribution in [3.63, 3.8) is 0 Å². The summed E-state index contributed by atoms with van der Waals surface area (Å²) < 4.78 is 0. The van der Waals surface area contributed by atoms with Gasteiger partial charge in [-0.15, -0.1) is 0 Å². The standard InChI is InChI=1S/C20H32O3/c1-2-3-4-5-10-13-16-19(21)17-14-11-8-6-7-9-12-15-18-20(22)23/h7-11,13,17,21H,2-6,12,14-16,18H2,1H3,(H,22,23)/b9-7+,11-8-,13-10-,19-17+. The SMILES string of the molecule is CCCCC/C=C\C/C(O)=C\C/C=C\C/C=C/CCCC(=O)O. The Morgan fingerprint density at radius 1 is 0.826 bits per heavy atom. The van der Waals surface area contributed by atoms with Crippen molar-refractivity contribution in [2.75, 3.05) is 0 Å². The first-order valence-electron chi connectivity index (χ1n) is 8.71. The Morgan fingerprint density at radius 3 is 2.22 bits per heavy atom. The minimum atomic E-state index is -0.735. The molecule has 0 saturated heterocycles. The van der Waals surface area contributed by atoms with Gasteiger partial charge >= 0.3 is 5.97 Å². The van der Waals surface area contributed by atoms with E-state index in [1.165, 1.54) is 19.3 Å². The smallest absolute Gasteiger partial charge is 0.303 e. The number of aliphatic hydroxyl groups excluding tert-OH is 1. The molecule has 0 amide bonds. The number of carboxylic acids is 1. The molecule has 0 aliphatic heterocycles. The Morgan fingerprint density at radius 2 is 1.48 bits per heavy atom. The first kappa shape index (κ1) is 21.2. The van der Waals surface area contributed by atoms with E-state index < -0.39 is 5.97 Å². The van der Waals surface area contributed by atoms with Gasteiger partial charge < -0.3 is 10.2 Å². The predicted octanol–water partition coefficient (Wildman–Crippen LogP) is 6.10. The lowest BCUT2D eigenvalue weighted by Crippen LogP contribution is -1.92. The lowest BCUT2D eigenvalue weighted by molar-refractivity contribution is -0.137. The van der Waals surface area contributed by atoms with E-state index in [1.807, 2.05) is 30.4 Å². The number of aliphatic hydroxyl groups is 1. The zero-order valence-corrected chi connectivity index (χ0v) is 14.4. The van der Waals surface area contributed by atoms with Gasteiger partial charge in [-0.1, -0.05) is 56.2 Å². The van der Waals surface area contributed by atoms with E-state index in [2.05, 4.69) is 19.1 Å². The van der Waals surface area contributed by atoms with Gasteiger partial charge in [-0.2, -0.15) is 0 Å². The highest BCUT2D eigenvalue weighted by atomic mass is 16.4. The van der Waals surface area contributed by atoms with Crippen LogP contribution in [-0.4, -0.2) is 16.2 Å². The number of hydrogen-bond donors (Lipinski definition) is 2. The van der Waals surface area contributed by atoms with Gasteiger partial charge in [-0.25, -0.2) is 0 Å². The molecule has 0 aromatic carbocycles. The molecule has 0 atom stereocenters. The summed E-state index contributed by atoms with van der Waals surface area (Å²) in [5, 5.41) is 18.2. The van der Waals surface area contributed by atoms with Gasteiger partial charge in [0.1, 0.15) is 0 Å². The third-order valence-electron chi connectivity index (χ3n) is 3.32. The van der Waals surface area contributed by atoms with Crippen molar-refractivity contribution < 1.29 is 15.0 Å². The number of allylic oxidation sites excluding steroid dienone is 7. The molecule has 0 bridgehead atoms. The monoisotopic (exact) mass is 320 g/mol. The number of aliphatic carboxylic acids is 1. The summed E-state index contributed by atoms with van der Waals surface area (Å²) in [7, 11) is 0. The quantitative estimate of drug-likeness (QED) is 0.231. The van der Waals surface area contributed by atoms with Crippen LogP contribution in [0.1, 0.15) is 71.1 Å². The molecule has 130 valence electrons. The number of unbranched alkanes of at least 4 members (excludes halogenated alkanes) is 4. The molecule has 0 aliphatic rings. The van der Waals surface area contributed by atoms with E-state index in [9.17, 15) is 9.90 Å². The third-order valence-corrected chi connectivity index (χ3v) is 3.32. The fourth-order valence-electron chi connectivity index (χ4n) is 1.98. The molecule has 0 aromatic heterocycles. The average molecular weight is 320 g/mol. The number of carboxylic acid groups (broad SMARTS) is 1. The molecule has 2 N–H and O–H groups in total. The molecular weight excluding hydrogens is 288 g/mol. The number of hydrogen-bond acceptors (Lipinski definition) is 2. The molecular formula is C20H32O3. The fraction of sp³-hybridized carbons (Fsp3) is 0.550. The third kappa shape index (κ3) is 18.2. The maximum atomic E-state index is 10.3. The van der Waals surface area contributed by atoms with Crippen molar-refractivity contribution in [3.8, 4) is 0 Å². The molecule has 3 heteroatoms. The first-order chi connectivity index (χ1) is 11.2. The second-order valence-corrected chi connectivity index (χ2v) is 5.57. The Bertz CT molecular complexity index is 403. The Labute approximate surface area is 141 Å². The van der Waals surface area contributed by atoms with Crippen LogP contribution in [0.5, 0.6) is 0 Å². The van der Waals surface area contributed by atoms with Gasteiger partial charge in [-0.05, 0) is 44.6 Å². The van der Waals surface area contributed by atoms with E-state index >= 15 is 0 Å². The predicted molar refractivity (Wildman–Crippen MR) is 97.6 cm³/mol. The molecule has 3 nitrogen and oxygen atoms in total. The minimum absolute atomic E-state index is 0.233. The molecule has 0 radical (unpaired) electrons. The van der Waals surface area contributed by atoms with Crippen LogP contribution in [0.3, 0.4) is 0 Å². The van der Waals surface area contributed by atoms with Crippen molar-refractivity contribution in [1.82, 2.24) is 0 Å². The van der Waals surface area contributed by atoms with E-state index in [0.29, 0.717) is 18.6 Å². The lowest BCUT2D eigenvalue weighted by atomic mass is 10.2. The van der Waals surface area contributed by atoms with Gasteiger partial charge in [0, 0.05) is 12.8 Å². The van der Waals surface area contributed by atoms with Crippen LogP contribution in [0, 0.1) is 0 Å². The highest BCUT2D eigenvalue weighted by Crippen LogP contribution is 2.04. The normalized spacial score (nSPS) is 12.8. The maximum Gasteiger partial charge on any atom is 0.303 e. The molecule has 0 unspecified atom stereocenters. The van der Waals surface area contributed by atoms with Crippen LogP contribution >= 0.6 is 0 Å². The number of carbonyl (C=O) groups is 1. The summed E-state index contributed by atoms with van der Waals surface area (Å²) in [6, 6.07) is 0. The Hall–Kier alpha value is -1.77. The van der Waals surface area contributed by atoms with Gasteiger partial charge in [0.05, 0.1) is 5.76 Å². The van der Waals surface area contributed by atoms with Crippen LogP contribution in [-0.2, 0) is 4.79 Å². The molecule has 0 saturated carbocycles. The highest BCUT2D eigenvalue weighted by Gasteiger charge is 1.92. The summed E-state index contributed by atoms with van der Waals surface area (Å²) in [5.74, 6) is -0.314. The van der Waals surface area contributed by atoms with Crippen molar-refractivity contribution >= 4 is 5.97 Å². The molecule has 0 aromatic rings. The van der Waals surface area contributed by atoms with Crippen LogP contribution in [0.4, 0.5) is 0 Å². The van der Waals surface area contributed by atoms with Crippen molar-refractivity contribution in [2.45, 2.75) is 71.1 Å². The first-order valence-corrected chi connectivity index (χ1v) is 8.71. The molecule has 0 spiro atoms. The second-order valence-electron chi connectivity index (χ2n) is 5.57. The van der Waals surface area contributed by atoms with E-state index in [4.69, 9.17) is 5.11 Å². The fourth-order valence-corrected chi connectivity index (χ4v) is 1.98. The lowest BCUT2D eigenvalue weighted by Gasteiger charge is -1.94. The summed E-state index contributed by atoms with van der Waals surface area (Å²) in [6.07, 6.45) is 22.9. The summed E-state index contributed by atoms with van der Waals surface area (Å²) in [5.41, 5.74) is 0. The second kappa shape index (κ2) is 16.6. The Balaban J connectivity index is 3.62. The van der Waals surface area contributed by atoms with Crippen molar-refractivity contribution in [1.29, 1.82) is 0 Å². The largest absolute Gasteiger partial charge is 0.512 e. The minimum Gasteiger partial charge on any atom is -0.512 e. The average Bonchev–Trinajstić information content (AvgIpc) is 2.52. The molecule has 0 heterocycles. The summed E-state index contributed by atoms with van der Waals surface area (Å²) >= 11 is 0.